The van der Waals surface area contributed by atoms with Crippen molar-refractivity contribution in [1.29, 1.82) is 0 Å². The molecule has 1 saturated heterocycles. The number of aliphatic hydroxyl groups is 1. The van der Waals surface area contributed by atoms with Crippen LogP contribution in [0.3, 0.4) is 0 Å². The number of amides is 1. The topological polar surface area (TPSA) is 74.7 Å². The van der Waals surface area contributed by atoms with Crippen LogP contribution in [0, 0.1) is 0 Å². The fourth-order valence-corrected chi connectivity index (χ4v) is 2.04. The van der Waals surface area contributed by atoms with Gasteiger partial charge in [-0.05, 0) is 19.1 Å². The van der Waals surface area contributed by atoms with Crippen LogP contribution < -0.4 is 5.32 Å². The zero-order chi connectivity index (χ0) is 13.8. The second kappa shape index (κ2) is 5.99. The van der Waals surface area contributed by atoms with E-state index in [-0.39, 0.29) is 24.7 Å². The maximum absolute atomic E-state index is 12.4. The summed E-state index contributed by atoms with van der Waals surface area (Å²) in [5, 5.41) is 12.0. The lowest BCUT2D eigenvalue weighted by Crippen LogP contribution is -2.52. The van der Waals surface area contributed by atoms with Gasteiger partial charge in [0.1, 0.15) is 5.82 Å². The summed E-state index contributed by atoms with van der Waals surface area (Å²) in [5.41, 5.74) is 0.546. The van der Waals surface area contributed by atoms with Crippen LogP contribution >= 0.6 is 0 Å². The Hall–Kier alpha value is -1.66. The van der Waals surface area contributed by atoms with Gasteiger partial charge in [0.15, 0.2) is 0 Å². The molecule has 0 spiro atoms. The summed E-state index contributed by atoms with van der Waals surface area (Å²) in [7, 11) is 1.78. The Morgan fingerprint density at radius 3 is 3.00 bits per heavy atom. The molecule has 2 N–H and O–H groups in total. The summed E-state index contributed by atoms with van der Waals surface area (Å²) in [6, 6.07) is 3.51. The van der Waals surface area contributed by atoms with E-state index in [1.54, 1.807) is 30.3 Å². The standard InChI is InChI=1S/C13H19N3O3/c1-9-8-19-11(7-17)6-16(9)13(18)10-3-4-12(14-2)15-5-10/h3-5,9,11,17H,6-8H2,1-2H3,(H,14,15). The summed E-state index contributed by atoms with van der Waals surface area (Å²) >= 11 is 0. The number of nitrogens with one attached hydrogen (secondary N) is 1. The lowest BCUT2D eigenvalue weighted by Gasteiger charge is -2.37. The van der Waals surface area contributed by atoms with Crippen molar-refractivity contribution in [3.05, 3.63) is 23.9 Å². The molecule has 6 nitrogen and oxygen atoms in total. The molecule has 0 bridgehead atoms. The van der Waals surface area contributed by atoms with Crippen LogP contribution in [0.2, 0.25) is 0 Å². The van der Waals surface area contributed by atoms with E-state index in [9.17, 15) is 4.79 Å². The van der Waals surface area contributed by atoms with E-state index < -0.39 is 0 Å². The maximum Gasteiger partial charge on any atom is 0.255 e. The molecule has 1 aromatic heterocycles. The Bertz CT molecular complexity index is 435. The second-order valence-corrected chi connectivity index (χ2v) is 4.63. The van der Waals surface area contributed by atoms with E-state index >= 15 is 0 Å². The minimum atomic E-state index is -0.301. The van der Waals surface area contributed by atoms with Crippen molar-refractivity contribution >= 4 is 11.7 Å². The number of hydrogen-bond donors (Lipinski definition) is 2. The Kier molecular flexibility index (Phi) is 4.34. The van der Waals surface area contributed by atoms with Crippen molar-refractivity contribution in [2.24, 2.45) is 0 Å². The van der Waals surface area contributed by atoms with E-state index in [2.05, 4.69) is 10.3 Å². The van der Waals surface area contributed by atoms with Gasteiger partial charge in [-0.25, -0.2) is 4.98 Å². The van der Waals surface area contributed by atoms with Crippen LogP contribution in [-0.2, 0) is 4.74 Å². The van der Waals surface area contributed by atoms with E-state index in [0.29, 0.717) is 18.7 Å². The number of rotatable bonds is 3. The summed E-state index contributed by atoms with van der Waals surface area (Å²) in [6.07, 6.45) is 1.26. The van der Waals surface area contributed by atoms with Gasteiger partial charge in [0.2, 0.25) is 0 Å². The number of pyridine rings is 1. The smallest absolute Gasteiger partial charge is 0.255 e. The van der Waals surface area contributed by atoms with Gasteiger partial charge in [-0.2, -0.15) is 0 Å². The highest BCUT2D eigenvalue weighted by Crippen LogP contribution is 2.16. The third-order valence-electron chi connectivity index (χ3n) is 3.24. The maximum atomic E-state index is 12.4. The van der Waals surface area contributed by atoms with Crippen LogP contribution in [0.1, 0.15) is 17.3 Å². The van der Waals surface area contributed by atoms with E-state index in [4.69, 9.17) is 9.84 Å². The highest BCUT2D eigenvalue weighted by molar-refractivity contribution is 5.94. The van der Waals surface area contributed by atoms with Gasteiger partial charge >= 0.3 is 0 Å². The number of aliphatic hydroxyl groups excluding tert-OH is 1. The van der Waals surface area contributed by atoms with Gasteiger partial charge in [-0.1, -0.05) is 0 Å². The zero-order valence-corrected chi connectivity index (χ0v) is 11.2. The molecule has 1 aliphatic rings. The SMILES string of the molecule is CNc1ccc(C(=O)N2CC(CO)OCC2C)cn1. The van der Waals surface area contributed by atoms with E-state index in [1.807, 2.05) is 6.92 Å². The fourth-order valence-electron chi connectivity index (χ4n) is 2.04. The monoisotopic (exact) mass is 265 g/mol. The van der Waals surface area contributed by atoms with Crippen molar-refractivity contribution in [1.82, 2.24) is 9.88 Å². The largest absolute Gasteiger partial charge is 0.394 e. The molecule has 1 amide bonds. The number of morpholine rings is 1. The molecule has 2 unspecified atom stereocenters. The number of carbonyl (C=O) groups is 1. The molecule has 2 rings (SSSR count). The van der Waals surface area contributed by atoms with Gasteiger partial charge < -0.3 is 20.1 Å². The summed E-state index contributed by atoms with van der Waals surface area (Å²) in [4.78, 5) is 18.3. The molecule has 0 aliphatic carbocycles. The van der Waals surface area contributed by atoms with Crippen molar-refractivity contribution in [3.8, 4) is 0 Å². The molecular formula is C13H19N3O3. The summed E-state index contributed by atoms with van der Waals surface area (Å²) < 4.78 is 5.42. The molecule has 6 heteroatoms. The Morgan fingerprint density at radius 1 is 1.63 bits per heavy atom. The van der Waals surface area contributed by atoms with E-state index in [0.717, 1.165) is 5.82 Å². The van der Waals surface area contributed by atoms with Crippen LogP contribution in [0.25, 0.3) is 0 Å². The number of carbonyl (C=O) groups excluding carboxylic acids is 1. The second-order valence-electron chi connectivity index (χ2n) is 4.63. The summed E-state index contributed by atoms with van der Waals surface area (Å²) in [6.45, 7) is 2.71. The normalized spacial score (nSPS) is 23.2. The van der Waals surface area contributed by atoms with Crippen molar-refractivity contribution in [2.45, 2.75) is 19.1 Å². The molecule has 2 atom stereocenters. The minimum absolute atomic E-state index is 0.000670. The number of hydrogen-bond acceptors (Lipinski definition) is 5. The highest BCUT2D eigenvalue weighted by atomic mass is 16.5. The van der Waals surface area contributed by atoms with Gasteiger partial charge in [0.05, 0.1) is 30.9 Å². The predicted octanol–water partition coefficient (Wildman–Crippen LogP) is 0.345. The predicted molar refractivity (Wildman–Crippen MR) is 71.1 cm³/mol. The van der Waals surface area contributed by atoms with Crippen molar-refractivity contribution < 1.29 is 14.6 Å². The van der Waals surface area contributed by atoms with Crippen molar-refractivity contribution in [2.75, 3.05) is 32.1 Å². The van der Waals surface area contributed by atoms with Crippen LogP contribution in [0.15, 0.2) is 18.3 Å². The molecule has 0 aromatic carbocycles. The molecule has 0 saturated carbocycles. The fraction of sp³-hybridized carbons (Fsp3) is 0.538. The molecular weight excluding hydrogens is 246 g/mol. The molecule has 1 fully saturated rings. The Balaban J connectivity index is 2.12. The molecule has 2 heterocycles. The molecule has 0 radical (unpaired) electrons. The van der Waals surface area contributed by atoms with Gasteiger partial charge in [0, 0.05) is 19.8 Å². The van der Waals surface area contributed by atoms with Gasteiger partial charge in [0.25, 0.3) is 5.91 Å². The number of ether oxygens (including phenoxy) is 1. The number of nitrogens with zero attached hydrogens (tertiary/aromatic N) is 2. The number of anilines is 1. The molecule has 104 valence electrons. The molecule has 1 aromatic rings. The Morgan fingerprint density at radius 2 is 2.42 bits per heavy atom. The Labute approximate surface area is 112 Å². The van der Waals surface area contributed by atoms with Crippen LogP contribution in [-0.4, -0.2) is 59.8 Å². The van der Waals surface area contributed by atoms with Crippen molar-refractivity contribution in [3.63, 3.8) is 0 Å². The van der Waals surface area contributed by atoms with E-state index in [1.165, 1.54) is 0 Å². The first-order chi connectivity index (χ1) is 9.15. The highest BCUT2D eigenvalue weighted by Gasteiger charge is 2.29. The lowest BCUT2D eigenvalue weighted by molar-refractivity contribution is -0.0667. The van der Waals surface area contributed by atoms with Gasteiger partial charge in [-0.15, -0.1) is 0 Å². The van der Waals surface area contributed by atoms with Gasteiger partial charge in [-0.3, -0.25) is 4.79 Å². The average Bonchev–Trinajstić information content (AvgIpc) is 2.47. The van der Waals surface area contributed by atoms with Crippen LogP contribution in [0.5, 0.6) is 0 Å². The zero-order valence-electron chi connectivity index (χ0n) is 11.2. The summed E-state index contributed by atoms with van der Waals surface area (Å²) in [5.74, 6) is 0.643. The lowest BCUT2D eigenvalue weighted by atomic mass is 10.1. The number of aromatic nitrogens is 1. The average molecular weight is 265 g/mol. The third-order valence-corrected chi connectivity index (χ3v) is 3.24. The molecule has 1 aliphatic heterocycles. The minimum Gasteiger partial charge on any atom is -0.394 e. The first-order valence-electron chi connectivity index (χ1n) is 6.33. The molecule has 19 heavy (non-hydrogen) atoms. The van der Waals surface area contributed by atoms with Crippen LogP contribution in [0.4, 0.5) is 5.82 Å². The first-order valence-corrected chi connectivity index (χ1v) is 6.33. The third kappa shape index (κ3) is 3.02. The first kappa shape index (κ1) is 13.8. The quantitative estimate of drug-likeness (QED) is 0.824.